The molecule has 7 nitrogen and oxygen atoms in total. The largest absolute Gasteiger partial charge is 0.454 e. The van der Waals surface area contributed by atoms with Gasteiger partial charge < -0.3 is 19.3 Å². The van der Waals surface area contributed by atoms with Crippen LogP contribution < -0.4 is 14.8 Å². The summed E-state index contributed by atoms with van der Waals surface area (Å²) in [4.78, 5) is 17.8. The van der Waals surface area contributed by atoms with Crippen molar-refractivity contribution in [2.45, 2.75) is 12.5 Å². The van der Waals surface area contributed by atoms with Crippen LogP contribution in [0.25, 0.3) is 11.4 Å². The molecule has 4 aromatic rings. The molecule has 0 unspecified atom stereocenters. The molecule has 0 saturated heterocycles. The molecule has 0 saturated carbocycles. The van der Waals surface area contributed by atoms with Crippen LogP contribution in [-0.2, 0) is 6.42 Å². The Morgan fingerprint density at radius 2 is 1.93 bits per heavy atom. The van der Waals surface area contributed by atoms with E-state index < -0.39 is 6.04 Å². The van der Waals surface area contributed by atoms with Crippen LogP contribution in [0, 0.1) is 0 Å². The van der Waals surface area contributed by atoms with Crippen LogP contribution in [0.2, 0.25) is 0 Å². The fourth-order valence-corrected chi connectivity index (χ4v) is 3.84. The van der Waals surface area contributed by atoms with E-state index in [0.29, 0.717) is 34.5 Å². The number of thiophene rings is 1. The first-order valence-electron chi connectivity index (χ1n) is 9.38. The lowest BCUT2D eigenvalue weighted by Crippen LogP contribution is -2.29. The van der Waals surface area contributed by atoms with Crippen molar-refractivity contribution in [1.29, 1.82) is 0 Å². The molecule has 5 rings (SSSR count). The number of hydrogen-bond donors (Lipinski definition) is 1. The molecule has 0 bridgehead atoms. The normalized spacial score (nSPS) is 13.2. The smallest absolute Gasteiger partial charge is 0.262 e. The quantitative estimate of drug-likeness (QED) is 0.503. The van der Waals surface area contributed by atoms with Crippen molar-refractivity contribution in [2.24, 2.45) is 0 Å². The lowest BCUT2D eigenvalue weighted by atomic mass is 10.1. The highest BCUT2D eigenvalue weighted by molar-refractivity contribution is 7.12. The lowest BCUT2D eigenvalue weighted by molar-refractivity contribution is 0.0932. The number of amides is 1. The molecule has 2 aromatic heterocycles. The summed E-state index contributed by atoms with van der Waals surface area (Å²) in [6.45, 7) is 0.199. The van der Waals surface area contributed by atoms with Crippen molar-refractivity contribution < 1.29 is 18.8 Å². The third kappa shape index (κ3) is 3.77. The zero-order valence-electron chi connectivity index (χ0n) is 15.8. The molecule has 1 amide bonds. The Balaban J connectivity index is 1.43. The average Bonchev–Trinajstić information content (AvgIpc) is 3.55. The van der Waals surface area contributed by atoms with Gasteiger partial charge in [-0.1, -0.05) is 41.6 Å². The molecule has 1 aliphatic rings. The van der Waals surface area contributed by atoms with Gasteiger partial charge in [-0.3, -0.25) is 4.79 Å². The third-order valence-corrected chi connectivity index (χ3v) is 5.57. The van der Waals surface area contributed by atoms with Crippen LogP contribution in [0.1, 0.15) is 27.2 Å². The molecule has 8 heteroatoms. The highest BCUT2D eigenvalue weighted by Gasteiger charge is 2.24. The van der Waals surface area contributed by atoms with Crippen LogP contribution in [0.4, 0.5) is 0 Å². The second-order valence-electron chi connectivity index (χ2n) is 6.72. The van der Waals surface area contributed by atoms with Gasteiger partial charge in [-0.2, -0.15) is 4.98 Å². The molecule has 3 heterocycles. The highest BCUT2D eigenvalue weighted by Crippen LogP contribution is 2.35. The second-order valence-corrected chi connectivity index (χ2v) is 7.67. The predicted molar refractivity (Wildman–Crippen MR) is 111 cm³/mol. The Kier molecular flexibility index (Phi) is 4.90. The van der Waals surface area contributed by atoms with E-state index in [1.54, 1.807) is 6.07 Å². The first kappa shape index (κ1) is 18.4. The molecule has 1 aliphatic heterocycles. The van der Waals surface area contributed by atoms with Gasteiger partial charge in [0.1, 0.15) is 6.04 Å². The number of rotatable bonds is 6. The molecule has 2 aromatic carbocycles. The van der Waals surface area contributed by atoms with Gasteiger partial charge in [0, 0.05) is 12.0 Å². The Morgan fingerprint density at radius 1 is 1.07 bits per heavy atom. The molecule has 150 valence electrons. The summed E-state index contributed by atoms with van der Waals surface area (Å²) in [5.41, 5.74) is 1.80. The fourth-order valence-electron chi connectivity index (χ4n) is 3.22. The summed E-state index contributed by atoms with van der Waals surface area (Å²) >= 11 is 1.38. The highest BCUT2D eigenvalue weighted by atomic mass is 32.1. The van der Waals surface area contributed by atoms with Crippen LogP contribution in [0.3, 0.4) is 0 Å². The van der Waals surface area contributed by atoms with Gasteiger partial charge in [0.05, 0.1) is 4.88 Å². The predicted octanol–water partition coefficient (Wildman–Crippen LogP) is 4.24. The number of aromatic nitrogens is 2. The zero-order valence-corrected chi connectivity index (χ0v) is 16.6. The molecule has 0 fully saturated rings. The fraction of sp³-hybridized carbons (Fsp3) is 0.136. The maximum Gasteiger partial charge on any atom is 0.262 e. The SMILES string of the molecule is O=C(N[C@@H](Cc1ccccc1)c1nc(-c2ccc3c(c2)OCO3)no1)c1cccs1. The number of carbonyl (C=O) groups is 1. The molecule has 1 N–H and O–H groups in total. The van der Waals surface area contributed by atoms with Gasteiger partial charge >= 0.3 is 0 Å². The molecular weight excluding hydrogens is 402 g/mol. The first-order chi connectivity index (χ1) is 14.8. The number of fused-ring (bicyclic) bond motifs is 1. The minimum atomic E-state index is -0.461. The minimum absolute atomic E-state index is 0.172. The summed E-state index contributed by atoms with van der Waals surface area (Å²) in [6.07, 6.45) is 0.528. The van der Waals surface area contributed by atoms with Crippen LogP contribution in [0.5, 0.6) is 11.5 Å². The van der Waals surface area contributed by atoms with Gasteiger partial charge in [0.2, 0.25) is 18.5 Å². The summed E-state index contributed by atoms with van der Waals surface area (Å²) in [5.74, 6) is 1.93. The van der Waals surface area contributed by atoms with Gasteiger partial charge in [-0.15, -0.1) is 11.3 Å². The van der Waals surface area contributed by atoms with E-state index in [9.17, 15) is 4.79 Å². The van der Waals surface area contributed by atoms with E-state index >= 15 is 0 Å². The Bertz CT molecular complexity index is 1160. The van der Waals surface area contributed by atoms with E-state index in [4.69, 9.17) is 14.0 Å². The van der Waals surface area contributed by atoms with Crippen LogP contribution >= 0.6 is 11.3 Å². The van der Waals surface area contributed by atoms with Gasteiger partial charge in [0.25, 0.3) is 5.91 Å². The lowest BCUT2D eigenvalue weighted by Gasteiger charge is -2.14. The van der Waals surface area contributed by atoms with Gasteiger partial charge in [0.15, 0.2) is 11.5 Å². The topological polar surface area (TPSA) is 86.5 Å². The minimum Gasteiger partial charge on any atom is -0.454 e. The first-order valence-corrected chi connectivity index (χ1v) is 10.3. The van der Waals surface area contributed by atoms with Crippen molar-refractivity contribution in [1.82, 2.24) is 15.5 Å². The Hall–Kier alpha value is -3.65. The Morgan fingerprint density at radius 3 is 2.77 bits per heavy atom. The van der Waals surface area contributed by atoms with Gasteiger partial charge in [-0.25, -0.2) is 0 Å². The van der Waals surface area contributed by atoms with E-state index in [1.165, 1.54) is 11.3 Å². The molecule has 0 aliphatic carbocycles. The molecule has 1 atom stereocenters. The van der Waals surface area contributed by atoms with E-state index in [0.717, 1.165) is 11.1 Å². The monoisotopic (exact) mass is 419 g/mol. The van der Waals surface area contributed by atoms with Crippen LogP contribution in [-0.4, -0.2) is 22.8 Å². The van der Waals surface area contributed by atoms with Crippen molar-refractivity contribution in [3.8, 4) is 22.9 Å². The Labute approximate surface area is 176 Å². The van der Waals surface area contributed by atoms with Crippen molar-refractivity contribution in [3.05, 3.63) is 82.4 Å². The van der Waals surface area contributed by atoms with Crippen molar-refractivity contribution >= 4 is 17.2 Å². The number of carbonyl (C=O) groups excluding carboxylic acids is 1. The zero-order chi connectivity index (χ0) is 20.3. The molecule has 0 radical (unpaired) electrons. The average molecular weight is 419 g/mol. The third-order valence-electron chi connectivity index (χ3n) is 4.70. The number of benzene rings is 2. The summed E-state index contributed by atoms with van der Waals surface area (Å²) in [6, 6.07) is 18.5. The van der Waals surface area contributed by atoms with Crippen LogP contribution in [0.15, 0.2) is 70.6 Å². The molecule has 30 heavy (non-hydrogen) atoms. The summed E-state index contributed by atoms with van der Waals surface area (Å²) < 4.78 is 16.3. The second kappa shape index (κ2) is 8.00. The number of nitrogens with zero attached hydrogens (tertiary/aromatic N) is 2. The number of hydrogen-bond acceptors (Lipinski definition) is 7. The maximum absolute atomic E-state index is 12.7. The summed E-state index contributed by atoms with van der Waals surface area (Å²) in [7, 11) is 0. The van der Waals surface area contributed by atoms with Gasteiger partial charge in [-0.05, 0) is 35.2 Å². The maximum atomic E-state index is 12.7. The van der Waals surface area contributed by atoms with E-state index in [-0.39, 0.29) is 12.7 Å². The number of ether oxygens (including phenoxy) is 2. The number of nitrogens with one attached hydrogen (secondary N) is 1. The van der Waals surface area contributed by atoms with Crippen molar-refractivity contribution in [3.63, 3.8) is 0 Å². The standard InChI is InChI=1S/C22H17N3O4S/c26-21(19-7-4-10-30-19)23-16(11-14-5-2-1-3-6-14)22-24-20(25-29-22)15-8-9-17-18(12-15)28-13-27-17/h1-10,12,16H,11,13H2,(H,23,26)/t16-/m0/s1. The van der Waals surface area contributed by atoms with E-state index in [2.05, 4.69) is 15.5 Å². The van der Waals surface area contributed by atoms with E-state index in [1.807, 2.05) is 60.0 Å². The van der Waals surface area contributed by atoms with Crippen molar-refractivity contribution in [2.75, 3.05) is 6.79 Å². The summed E-state index contributed by atoms with van der Waals surface area (Å²) in [5, 5.41) is 9.00. The molecular formula is C22H17N3O4S. The molecule has 0 spiro atoms.